The van der Waals surface area contributed by atoms with E-state index in [4.69, 9.17) is 33.2 Å². The molecule has 0 unspecified atom stereocenters. The highest BCUT2D eigenvalue weighted by Gasteiger charge is 2.11. The van der Waals surface area contributed by atoms with E-state index in [0.717, 1.165) is 18.6 Å². The van der Waals surface area contributed by atoms with Gasteiger partial charge < -0.3 is 33.2 Å². The first-order chi connectivity index (χ1) is 20.7. The van der Waals surface area contributed by atoms with E-state index in [2.05, 4.69) is 0 Å². The van der Waals surface area contributed by atoms with Crippen molar-refractivity contribution in [1.29, 1.82) is 0 Å². The van der Waals surface area contributed by atoms with Gasteiger partial charge in [-0.15, -0.1) is 0 Å². The maximum absolute atomic E-state index is 11.7. The molecule has 0 fully saturated rings. The van der Waals surface area contributed by atoms with Crippen LogP contribution in [0.4, 0.5) is 10.5 Å². The highest BCUT2D eigenvalue weighted by atomic mass is 32.2. The van der Waals surface area contributed by atoms with Crippen LogP contribution in [0.2, 0.25) is 0 Å². The molecule has 0 saturated heterocycles. The summed E-state index contributed by atoms with van der Waals surface area (Å²) >= 11 is 1.26. The largest absolute Gasteiger partial charge is 0.513 e. The number of unbranched alkanes of at least 4 members (excludes halogenated alkanes) is 2. The van der Waals surface area contributed by atoms with Crippen LogP contribution in [0, 0.1) is 10.1 Å². The number of hydrogen-bond donors (Lipinski definition) is 0. The fourth-order valence-corrected chi connectivity index (χ4v) is 3.61. The summed E-state index contributed by atoms with van der Waals surface area (Å²) < 4.78 is 35.0. The van der Waals surface area contributed by atoms with Crippen molar-refractivity contribution in [2.75, 3.05) is 58.6 Å². The van der Waals surface area contributed by atoms with Gasteiger partial charge in [0.1, 0.15) is 32.2 Å². The summed E-state index contributed by atoms with van der Waals surface area (Å²) in [5.41, 5.74) is -0.136. The maximum Gasteiger partial charge on any atom is 0.513 e. The molecule has 0 heterocycles. The number of nitro groups is 1. The van der Waals surface area contributed by atoms with Gasteiger partial charge in [-0.05, 0) is 25.0 Å². The molecule has 0 N–H and O–H groups in total. The first-order valence-electron chi connectivity index (χ1n) is 13.5. The number of nitrogens with zero attached hydrogens (tertiary/aromatic N) is 1. The average molecular weight is 632 g/mol. The number of thioether (sulfide) groups is 1. The van der Waals surface area contributed by atoms with Gasteiger partial charge in [0, 0.05) is 31.2 Å². The van der Waals surface area contributed by atoms with Gasteiger partial charge in [-0.25, -0.2) is 4.79 Å². The molecule has 1 rings (SSSR count). The number of nitro benzene ring substituents is 1. The van der Waals surface area contributed by atoms with E-state index in [0.29, 0.717) is 6.42 Å². The molecule has 0 atom stereocenters. The minimum Gasteiger partial charge on any atom is -0.463 e. The molecular formula is C27H37NO14S. The van der Waals surface area contributed by atoms with E-state index in [1.165, 1.54) is 43.0 Å². The summed E-state index contributed by atoms with van der Waals surface area (Å²) in [6, 6.07) is 4.93. The highest BCUT2D eigenvalue weighted by molar-refractivity contribution is 8.13. The number of rotatable bonds is 23. The van der Waals surface area contributed by atoms with Crippen LogP contribution in [0.3, 0.4) is 0 Å². The predicted octanol–water partition coefficient (Wildman–Crippen LogP) is 3.39. The topological polar surface area (TPSA) is 193 Å². The second-order valence-electron chi connectivity index (χ2n) is 8.49. The van der Waals surface area contributed by atoms with Crippen LogP contribution in [0.5, 0.6) is 5.75 Å². The van der Waals surface area contributed by atoms with Crippen LogP contribution in [0.25, 0.3) is 0 Å². The Hall–Kier alpha value is -3.76. The van der Waals surface area contributed by atoms with Crippen molar-refractivity contribution in [3.8, 4) is 5.75 Å². The average Bonchev–Trinajstić information content (AvgIpc) is 2.97. The predicted molar refractivity (Wildman–Crippen MR) is 150 cm³/mol. The van der Waals surface area contributed by atoms with Crippen molar-refractivity contribution >= 4 is 46.6 Å². The SMILES string of the molecule is CC(=O)SCCCCCC(=O)OCCOC(=O)CCC(=O)OCCOCCOCCOC(=O)Oc1ccc([N+](=O)[O-])cc1. The monoisotopic (exact) mass is 631 g/mol. The Morgan fingerprint density at radius 3 is 1.70 bits per heavy atom. The maximum atomic E-state index is 11.7. The molecule has 43 heavy (non-hydrogen) atoms. The van der Waals surface area contributed by atoms with E-state index in [1.807, 2.05) is 0 Å². The summed E-state index contributed by atoms with van der Waals surface area (Å²) in [4.78, 5) is 67.5. The molecule has 0 spiro atoms. The number of benzene rings is 1. The van der Waals surface area contributed by atoms with Gasteiger partial charge in [-0.3, -0.25) is 29.3 Å². The van der Waals surface area contributed by atoms with E-state index < -0.39 is 23.0 Å². The number of carbonyl (C=O) groups excluding carboxylic acids is 5. The number of ether oxygens (including phenoxy) is 7. The van der Waals surface area contributed by atoms with Gasteiger partial charge in [0.15, 0.2) is 5.12 Å². The Bertz CT molecular complexity index is 1020. The molecular weight excluding hydrogens is 594 g/mol. The zero-order chi connectivity index (χ0) is 31.7. The van der Waals surface area contributed by atoms with Gasteiger partial charge >= 0.3 is 24.1 Å². The van der Waals surface area contributed by atoms with E-state index in [-0.39, 0.29) is 94.6 Å². The van der Waals surface area contributed by atoms with Crippen LogP contribution in [0.1, 0.15) is 45.4 Å². The summed E-state index contributed by atoms with van der Waals surface area (Å²) in [5.74, 6) is -0.768. The lowest BCUT2D eigenvalue weighted by molar-refractivity contribution is -0.384. The minimum atomic E-state index is -0.981. The summed E-state index contributed by atoms with van der Waals surface area (Å²) in [6.07, 6.45) is 1.24. The molecule has 1 aromatic rings. The molecule has 0 radical (unpaired) electrons. The van der Waals surface area contributed by atoms with Crippen molar-refractivity contribution in [3.63, 3.8) is 0 Å². The smallest absolute Gasteiger partial charge is 0.463 e. The first-order valence-corrected chi connectivity index (χ1v) is 14.5. The Morgan fingerprint density at radius 2 is 1.16 bits per heavy atom. The van der Waals surface area contributed by atoms with Crippen molar-refractivity contribution in [2.45, 2.75) is 45.4 Å². The van der Waals surface area contributed by atoms with E-state index in [1.54, 1.807) is 0 Å². The van der Waals surface area contributed by atoms with Gasteiger partial charge in [0.25, 0.3) is 5.69 Å². The van der Waals surface area contributed by atoms with Crippen LogP contribution in [-0.4, -0.2) is 92.7 Å². The Kier molecular flexibility index (Phi) is 20.6. The van der Waals surface area contributed by atoms with E-state index >= 15 is 0 Å². The third-order valence-electron chi connectivity index (χ3n) is 5.03. The van der Waals surface area contributed by atoms with E-state index in [9.17, 15) is 34.1 Å². The molecule has 0 aliphatic rings. The van der Waals surface area contributed by atoms with Gasteiger partial charge in [-0.1, -0.05) is 18.2 Å². The highest BCUT2D eigenvalue weighted by Crippen LogP contribution is 2.17. The Labute approximate surface area is 252 Å². The molecule has 16 heteroatoms. The standard InChI is InChI=1S/C27H37NO14S/c1-21(29)43-20-4-2-3-5-24(30)39-18-19-40-26(32)11-10-25(31)38-16-14-36-12-13-37-15-17-41-27(33)42-23-8-6-22(7-9-23)28(34)35/h6-9H,2-5,10-20H2,1H3. The summed E-state index contributed by atoms with van der Waals surface area (Å²) in [7, 11) is 0. The van der Waals surface area contributed by atoms with Crippen LogP contribution >= 0.6 is 11.8 Å². The zero-order valence-electron chi connectivity index (χ0n) is 24.0. The lowest BCUT2D eigenvalue weighted by Crippen LogP contribution is -2.17. The molecule has 0 saturated carbocycles. The number of non-ortho nitro benzene ring substituents is 1. The van der Waals surface area contributed by atoms with Crippen molar-refractivity contribution in [1.82, 2.24) is 0 Å². The molecule has 1 aromatic carbocycles. The summed E-state index contributed by atoms with van der Waals surface area (Å²) in [6.45, 7) is 1.82. The molecule has 0 bridgehead atoms. The second-order valence-corrected chi connectivity index (χ2v) is 9.76. The van der Waals surface area contributed by atoms with Gasteiger partial charge in [0.05, 0.1) is 44.2 Å². The number of carbonyl (C=O) groups is 5. The fourth-order valence-electron chi connectivity index (χ4n) is 2.98. The van der Waals surface area contributed by atoms with Crippen molar-refractivity contribution in [3.05, 3.63) is 34.4 Å². The van der Waals surface area contributed by atoms with Crippen molar-refractivity contribution in [2.24, 2.45) is 0 Å². The number of hydrogen-bond acceptors (Lipinski definition) is 15. The Balaban J connectivity index is 1.90. The van der Waals surface area contributed by atoms with Crippen LogP contribution in [0.15, 0.2) is 24.3 Å². The molecule has 0 aliphatic heterocycles. The Morgan fingerprint density at radius 1 is 0.674 bits per heavy atom. The zero-order valence-corrected chi connectivity index (χ0v) is 24.8. The number of esters is 3. The van der Waals surface area contributed by atoms with Crippen molar-refractivity contribution < 1.29 is 62.1 Å². The molecule has 0 amide bonds. The third-order valence-corrected chi connectivity index (χ3v) is 5.93. The fraction of sp³-hybridized carbons (Fsp3) is 0.593. The first kappa shape index (κ1) is 37.3. The van der Waals surface area contributed by atoms with Gasteiger partial charge in [0.2, 0.25) is 0 Å². The third kappa shape index (κ3) is 21.6. The second kappa shape index (κ2) is 23.8. The minimum absolute atomic E-state index is 0.0169. The normalized spacial score (nSPS) is 10.4. The molecule has 0 aromatic heterocycles. The molecule has 15 nitrogen and oxygen atoms in total. The lowest BCUT2D eigenvalue weighted by atomic mass is 10.2. The van der Waals surface area contributed by atoms with Crippen LogP contribution in [-0.2, 0) is 47.6 Å². The van der Waals surface area contributed by atoms with Gasteiger partial charge in [-0.2, -0.15) is 0 Å². The molecule has 240 valence electrons. The molecule has 0 aliphatic carbocycles. The lowest BCUT2D eigenvalue weighted by Gasteiger charge is -2.08. The summed E-state index contributed by atoms with van der Waals surface area (Å²) in [5, 5.41) is 10.7. The quantitative estimate of drug-likeness (QED) is 0.0426. The van der Waals surface area contributed by atoms with Crippen LogP contribution < -0.4 is 4.74 Å².